The number of ether oxygens (including phenoxy) is 2. The van der Waals surface area contributed by atoms with E-state index in [4.69, 9.17) is 9.47 Å². The summed E-state index contributed by atoms with van der Waals surface area (Å²) in [7, 11) is 0. The van der Waals surface area contributed by atoms with E-state index in [0.29, 0.717) is 19.3 Å². The molecule has 1 N–H and O–H groups in total. The first-order valence-corrected chi connectivity index (χ1v) is 14.0. The number of carbonyl (C=O) groups excluding carboxylic acids is 3. The highest BCUT2D eigenvalue weighted by Crippen LogP contribution is 2.65. The van der Waals surface area contributed by atoms with Crippen molar-refractivity contribution in [3.05, 3.63) is 54.6 Å². The molecule has 2 amide bonds. The van der Waals surface area contributed by atoms with E-state index in [1.165, 1.54) is 0 Å². The minimum atomic E-state index is -1.17. The van der Waals surface area contributed by atoms with Crippen molar-refractivity contribution in [2.45, 2.75) is 70.6 Å². The number of hydrogen-bond donors (Lipinski definition) is 1. The van der Waals surface area contributed by atoms with Crippen molar-refractivity contribution in [1.82, 2.24) is 4.90 Å². The number of carbonyl (C=O) groups is 3. The molecule has 8 heteroatoms. The molecule has 6 atom stereocenters. The molecule has 1 spiro atoms. The molecule has 8 nitrogen and oxygen atoms in total. The average Bonchev–Trinajstić information content (AvgIpc) is 3.41. The molecule has 1 aromatic carbocycles. The Morgan fingerprint density at radius 1 is 1.26 bits per heavy atom. The van der Waals surface area contributed by atoms with Gasteiger partial charge in [0.15, 0.2) is 0 Å². The fourth-order valence-electron chi connectivity index (χ4n) is 6.94. The molecule has 2 bridgehead atoms. The molecule has 0 aromatic heterocycles. The van der Waals surface area contributed by atoms with Gasteiger partial charge >= 0.3 is 5.97 Å². The van der Waals surface area contributed by atoms with E-state index < -0.39 is 35.0 Å². The predicted molar refractivity (Wildman–Crippen MR) is 149 cm³/mol. The third kappa shape index (κ3) is 4.72. The molecule has 212 valence electrons. The Kier molecular flexibility index (Phi) is 8.38. The van der Waals surface area contributed by atoms with E-state index in [2.05, 4.69) is 13.2 Å². The van der Waals surface area contributed by atoms with Crippen LogP contribution in [0.4, 0.5) is 5.69 Å². The summed E-state index contributed by atoms with van der Waals surface area (Å²) in [5.41, 5.74) is 0.583. The largest absolute Gasteiger partial charge is 0.465 e. The van der Waals surface area contributed by atoms with Crippen LogP contribution in [0, 0.1) is 31.6 Å². The second-order valence-corrected chi connectivity index (χ2v) is 11.4. The van der Waals surface area contributed by atoms with Crippen molar-refractivity contribution >= 4 is 23.5 Å². The summed E-state index contributed by atoms with van der Waals surface area (Å²) in [6, 6.07) is 4.98. The number of aliphatic hydroxyl groups is 1. The molecule has 39 heavy (non-hydrogen) atoms. The normalized spacial score (nSPS) is 30.8. The maximum Gasteiger partial charge on any atom is 0.312 e. The number of aliphatic hydroxyl groups excluding tert-OH is 1. The van der Waals surface area contributed by atoms with Gasteiger partial charge in [-0.15, -0.1) is 13.2 Å². The first kappa shape index (κ1) is 29.0. The van der Waals surface area contributed by atoms with E-state index in [1.54, 1.807) is 22.0 Å². The van der Waals surface area contributed by atoms with Crippen molar-refractivity contribution in [2.75, 3.05) is 31.2 Å². The highest BCUT2D eigenvalue weighted by Gasteiger charge is 2.80. The number of fused-ring (bicyclic) bond motifs is 1. The smallest absolute Gasteiger partial charge is 0.312 e. The zero-order chi connectivity index (χ0) is 28.5. The van der Waals surface area contributed by atoms with Crippen LogP contribution < -0.4 is 4.90 Å². The van der Waals surface area contributed by atoms with E-state index in [1.807, 2.05) is 45.9 Å². The molecule has 0 saturated carbocycles. The SMILES string of the molecule is C=CCCCOC(=O)[C@H]1[C@H]2C(=O)N(CCCO)C(C(=O)N(CC=C)c3cc(C)ccc3C)C23CC(C)[C@]1(C)O3. The monoisotopic (exact) mass is 538 g/mol. The average molecular weight is 539 g/mol. The molecule has 4 rings (SSSR count). The second-order valence-electron chi connectivity index (χ2n) is 11.4. The van der Waals surface area contributed by atoms with E-state index >= 15 is 0 Å². The minimum Gasteiger partial charge on any atom is -0.465 e. The van der Waals surface area contributed by atoms with Crippen LogP contribution in [0.15, 0.2) is 43.5 Å². The Balaban J connectivity index is 1.78. The van der Waals surface area contributed by atoms with Gasteiger partial charge in [0.2, 0.25) is 5.91 Å². The van der Waals surface area contributed by atoms with Crippen molar-refractivity contribution in [3.63, 3.8) is 0 Å². The summed E-state index contributed by atoms with van der Waals surface area (Å²) in [6.07, 6.45) is 5.59. The Hall–Kier alpha value is -2.97. The number of aryl methyl sites for hydroxylation is 2. The van der Waals surface area contributed by atoms with Crippen LogP contribution >= 0.6 is 0 Å². The third-order valence-electron chi connectivity index (χ3n) is 8.89. The maximum atomic E-state index is 14.6. The molecule has 3 heterocycles. The topological polar surface area (TPSA) is 96.4 Å². The second kappa shape index (κ2) is 11.3. The van der Waals surface area contributed by atoms with Gasteiger partial charge in [-0.3, -0.25) is 14.4 Å². The van der Waals surface area contributed by atoms with Crippen molar-refractivity contribution in [1.29, 1.82) is 0 Å². The van der Waals surface area contributed by atoms with Crippen LogP contribution in [0.1, 0.15) is 50.7 Å². The number of esters is 1. The Morgan fingerprint density at radius 2 is 2.00 bits per heavy atom. The highest BCUT2D eigenvalue weighted by atomic mass is 16.6. The van der Waals surface area contributed by atoms with Gasteiger partial charge in [0.05, 0.1) is 18.1 Å². The molecule has 1 aromatic rings. The first-order valence-electron chi connectivity index (χ1n) is 14.0. The zero-order valence-corrected chi connectivity index (χ0v) is 23.7. The lowest BCUT2D eigenvalue weighted by Gasteiger charge is -2.37. The van der Waals surface area contributed by atoms with Gasteiger partial charge in [0.1, 0.15) is 17.6 Å². The van der Waals surface area contributed by atoms with Gasteiger partial charge in [0.25, 0.3) is 5.91 Å². The number of unbranched alkanes of at least 4 members (excludes halogenated alkanes) is 1. The molecule has 0 radical (unpaired) electrons. The minimum absolute atomic E-state index is 0.0751. The molecular formula is C31H42N2O6. The van der Waals surface area contributed by atoms with Gasteiger partial charge in [-0.25, -0.2) is 0 Å². The van der Waals surface area contributed by atoms with E-state index in [0.717, 1.165) is 23.2 Å². The number of rotatable bonds is 12. The Labute approximate surface area is 231 Å². The van der Waals surface area contributed by atoms with E-state index in [9.17, 15) is 19.5 Å². The van der Waals surface area contributed by atoms with Crippen molar-refractivity contribution < 1.29 is 29.0 Å². The molecule has 3 unspecified atom stereocenters. The lowest BCUT2D eigenvalue weighted by atomic mass is 9.62. The summed E-state index contributed by atoms with van der Waals surface area (Å²) in [6.45, 7) is 15.9. The predicted octanol–water partition coefficient (Wildman–Crippen LogP) is 3.72. The maximum absolute atomic E-state index is 14.6. The zero-order valence-electron chi connectivity index (χ0n) is 23.7. The van der Waals surface area contributed by atoms with Gasteiger partial charge < -0.3 is 24.4 Å². The number of benzene rings is 1. The quantitative estimate of drug-likeness (QED) is 0.248. The van der Waals surface area contributed by atoms with E-state index in [-0.39, 0.29) is 44.0 Å². The number of allylic oxidation sites excluding steroid dienone is 1. The number of nitrogens with zero attached hydrogens (tertiary/aromatic N) is 2. The summed E-state index contributed by atoms with van der Waals surface area (Å²) < 4.78 is 12.4. The van der Waals surface area contributed by atoms with Gasteiger partial charge in [-0.05, 0) is 69.6 Å². The number of hydrogen-bond acceptors (Lipinski definition) is 6. The fourth-order valence-corrected chi connectivity index (χ4v) is 6.94. The third-order valence-corrected chi connectivity index (χ3v) is 8.89. The fraction of sp³-hybridized carbons (Fsp3) is 0.581. The number of likely N-dealkylation sites (tertiary alicyclic amines) is 1. The molecule has 3 aliphatic rings. The molecular weight excluding hydrogens is 496 g/mol. The summed E-state index contributed by atoms with van der Waals surface area (Å²) in [5, 5.41) is 9.61. The summed E-state index contributed by atoms with van der Waals surface area (Å²) in [5.74, 6) is -2.74. The van der Waals surface area contributed by atoms with Gasteiger partial charge in [0, 0.05) is 25.4 Å². The molecule has 3 saturated heterocycles. The molecule has 3 aliphatic heterocycles. The first-order chi connectivity index (χ1) is 18.6. The van der Waals surface area contributed by atoms with Crippen LogP contribution in [0.3, 0.4) is 0 Å². The van der Waals surface area contributed by atoms with Crippen molar-refractivity contribution in [3.8, 4) is 0 Å². The number of anilines is 1. The Bertz CT molecular complexity index is 1150. The Morgan fingerprint density at radius 3 is 2.67 bits per heavy atom. The summed E-state index contributed by atoms with van der Waals surface area (Å²) in [4.78, 5) is 45.4. The summed E-state index contributed by atoms with van der Waals surface area (Å²) >= 11 is 0. The standard InChI is InChI=1S/C31H42N2O6/c1-7-9-10-17-38-29(37)25-24-27(35)33(15-11-16-34)26(31(24)19-22(5)30(25,6)39-31)28(36)32(14-8-2)23-18-20(3)12-13-21(23)4/h7-8,12-13,18,22,24-26,34H,1-2,9-11,14-17,19H2,3-6H3/t22?,24-,25+,26?,30-,31?/m0/s1. The molecule has 3 fully saturated rings. The van der Waals surface area contributed by atoms with Crippen molar-refractivity contribution in [2.24, 2.45) is 17.8 Å². The highest BCUT2D eigenvalue weighted by molar-refractivity contribution is 6.05. The lowest BCUT2D eigenvalue weighted by Crippen LogP contribution is -2.57. The molecule has 0 aliphatic carbocycles. The van der Waals surface area contributed by atoms with Crippen LogP contribution in [0.2, 0.25) is 0 Å². The number of amides is 2. The lowest BCUT2D eigenvalue weighted by molar-refractivity contribution is -0.161. The van der Waals surface area contributed by atoms with Crippen LogP contribution in [-0.2, 0) is 23.9 Å². The van der Waals surface area contributed by atoms with Gasteiger partial charge in [-0.1, -0.05) is 31.2 Å². The van der Waals surface area contributed by atoms with Crippen LogP contribution in [-0.4, -0.2) is 71.3 Å². The van der Waals surface area contributed by atoms with Crippen LogP contribution in [0.5, 0.6) is 0 Å². The van der Waals surface area contributed by atoms with Gasteiger partial charge in [-0.2, -0.15) is 0 Å². The van der Waals surface area contributed by atoms with Crippen LogP contribution in [0.25, 0.3) is 0 Å².